The summed E-state index contributed by atoms with van der Waals surface area (Å²) in [6.45, 7) is 9.36. The van der Waals surface area contributed by atoms with Gasteiger partial charge in [-0.1, -0.05) is 190 Å². The summed E-state index contributed by atoms with van der Waals surface area (Å²) in [6, 6.07) is 89.8. The molecule has 0 unspecified atom stereocenters. The highest BCUT2D eigenvalue weighted by Crippen LogP contribution is 2.53. The molecule has 0 fully saturated rings. The van der Waals surface area contributed by atoms with Gasteiger partial charge in [-0.3, -0.25) is 0 Å². The van der Waals surface area contributed by atoms with E-state index in [0.29, 0.717) is 0 Å². The first-order chi connectivity index (χ1) is 34.8. The second-order valence-corrected chi connectivity index (χ2v) is 19.8. The van der Waals surface area contributed by atoms with Crippen LogP contribution in [0, 0.1) is 13.8 Å². The van der Waals surface area contributed by atoms with E-state index in [9.17, 15) is 0 Å². The molecule has 13 rings (SSSR count). The second-order valence-electron chi connectivity index (χ2n) is 19.8. The smallest absolute Gasteiger partial charge is 0.0540 e. The zero-order valence-electron chi connectivity index (χ0n) is 40.5. The van der Waals surface area contributed by atoms with E-state index in [1.54, 1.807) is 0 Å². The van der Waals surface area contributed by atoms with Crippen molar-refractivity contribution in [3.8, 4) is 33.4 Å². The fourth-order valence-corrected chi connectivity index (χ4v) is 11.7. The van der Waals surface area contributed by atoms with Gasteiger partial charge < -0.3 is 9.80 Å². The molecule has 0 heterocycles. The predicted octanol–water partition coefficient (Wildman–Crippen LogP) is 19.5. The van der Waals surface area contributed by atoms with E-state index in [-0.39, 0.29) is 5.41 Å². The van der Waals surface area contributed by atoms with Crippen molar-refractivity contribution in [3.63, 3.8) is 0 Å². The Kier molecular flexibility index (Phi) is 10.0. The van der Waals surface area contributed by atoms with Crippen molar-refractivity contribution >= 4 is 77.2 Å². The number of benzene rings is 12. The molecule has 0 N–H and O–H groups in total. The fourth-order valence-electron chi connectivity index (χ4n) is 11.7. The monoisotopic (exact) mass is 908 g/mol. The molecule has 1 aliphatic rings. The zero-order valence-corrected chi connectivity index (χ0v) is 40.5. The summed E-state index contributed by atoms with van der Waals surface area (Å²) < 4.78 is 0. The van der Waals surface area contributed by atoms with Gasteiger partial charge in [-0.15, -0.1) is 0 Å². The number of hydrogen-bond donors (Lipinski definition) is 0. The third-order valence-corrected chi connectivity index (χ3v) is 15.3. The number of fused-ring (bicyclic) bond motifs is 8. The standard InChI is InChI=1S/C69H52N2/c1-45-32-34-54(42-64(45)68-46(2)57-26-12-13-28-59(57)60-29-14-15-30-63(60)68)70(52-25-16-24-51(40-52)47-18-6-5-7-19-47)55-36-38-61-62-39-37-56(44-66(62)69(3,4)65(61)43-55)71(53-35-33-48-20-8-9-22-50(48)41-53)67-31-17-23-49-21-10-11-27-58(49)67/h5-44H,1-4H3. The van der Waals surface area contributed by atoms with Crippen molar-refractivity contribution in [1.82, 2.24) is 0 Å². The lowest BCUT2D eigenvalue weighted by atomic mass is 9.82. The summed E-state index contributed by atoms with van der Waals surface area (Å²) in [5.41, 5.74) is 19.1. The van der Waals surface area contributed by atoms with Crippen molar-refractivity contribution < 1.29 is 0 Å². The summed E-state index contributed by atoms with van der Waals surface area (Å²) in [5, 5.41) is 10.0. The van der Waals surface area contributed by atoms with Gasteiger partial charge in [0.15, 0.2) is 0 Å². The molecule has 0 atom stereocenters. The Morgan fingerprint density at radius 1 is 0.310 bits per heavy atom. The highest BCUT2D eigenvalue weighted by atomic mass is 15.1. The van der Waals surface area contributed by atoms with Gasteiger partial charge in [-0.05, 0) is 174 Å². The number of hydrogen-bond acceptors (Lipinski definition) is 2. The van der Waals surface area contributed by atoms with Crippen LogP contribution in [0.15, 0.2) is 243 Å². The van der Waals surface area contributed by atoms with Gasteiger partial charge in [-0.2, -0.15) is 0 Å². The lowest BCUT2D eigenvalue weighted by Gasteiger charge is -2.30. The topological polar surface area (TPSA) is 6.48 Å². The largest absolute Gasteiger partial charge is 0.310 e. The van der Waals surface area contributed by atoms with Crippen LogP contribution in [0.5, 0.6) is 0 Å². The quantitative estimate of drug-likeness (QED) is 0.140. The van der Waals surface area contributed by atoms with Gasteiger partial charge in [0.05, 0.1) is 5.69 Å². The average molecular weight is 909 g/mol. The van der Waals surface area contributed by atoms with Crippen molar-refractivity contribution in [3.05, 3.63) is 265 Å². The van der Waals surface area contributed by atoms with Crippen LogP contribution in [0.3, 0.4) is 0 Å². The lowest BCUT2D eigenvalue weighted by molar-refractivity contribution is 0.660. The summed E-state index contributed by atoms with van der Waals surface area (Å²) in [5.74, 6) is 0. The Labute approximate surface area is 416 Å². The molecule has 1 aliphatic carbocycles. The van der Waals surface area contributed by atoms with Crippen LogP contribution in [0.1, 0.15) is 36.1 Å². The van der Waals surface area contributed by atoms with E-state index in [1.165, 1.54) is 98.7 Å². The number of rotatable bonds is 8. The normalized spacial score (nSPS) is 12.6. The van der Waals surface area contributed by atoms with Crippen LogP contribution >= 0.6 is 0 Å². The molecule has 0 saturated heterocycles. The third kappa shape index (κ3) is 7.01. The van der Waals surface area contributed by atoms with Gasteiger partial charge in [-0.25, -0.2) is 0 Å². The Balaban J connectivity index is 0.971. The van der Waals surface area contributed by atoms with Gasteiger partial charge in [0.1, 0.15) is 0 Å². The minimum atomic E-state index is -0.304. The Hall–Kier alpha value is -8.72. The zero-order chi connectivity index (χ0) is 47.8. The maximum atomic E-state index is 2.47. The van der Waals surface area contributed by atoms with Crippen LogP contribution in [0.25, 0.3) is 76.5 Å². The van der Waals surface area contributed by atoms with Gasteiger partial charge in [0.25, 0.3) is 0 Å². The fraction of sp³-hybridized carbons (Fsp3) is 0.0725. The maximum absolute atomic E-state index is 2.47. The van der Waals surface area contributed by atoms with Crippen molar-refractivity contribution in [2.45, 2.75) is 33.1 Å². The molecule has 71 heavy (non-hydrogen) atoms. The van der Waals surface area contributed by atoms with E-state index in [1.807, 2.05) is 0 Å². The SMILES string of the molecule is Cc1ccc(N(c2cccc(-c3ccccc3)c2)c2ccc3c(c2)C(C)(C)c2cc(N(c4ccc5ccccc5c4)c4cccc5ccccc45)ccc2-3)cc1-c1c(C)c2ccccc2c2ccccc12. The molecule has 12 aromatic rings. The molecule has 0 radical (unpaired) electrons. The lowest BCUT2D eigenvalue weighted by Crippen LogP contribution is -2.18. The predicted molar refractivity (Wildman–Crippen MR) is 304 cm³/mol. The van der Waals surface area contributed by atoms with E-state index in [4.69, 9.17) is 0 Å². The highest BCUT2D eigenvalue weighted by molar-refractivity contribution is 6.16. The molecule has 0 amide bonds. The molecule has 0 bridgehead atoms. The van der Waals surface area contributed by atoms with E-state index >= 15 is 0 Å². The first-order valence-corrected chi connectivity index (χ1v) is 24.8. The van der Waals surface area contributed by atoms with Gasteiger partial charge in [0, 0.05) is 39.2 Å². The molecule has 12 aromatic carbocycles. The third-order valence-electron chi connectivity index (χ3n) is 15.3. The summed E-state index contributed by atoms with van der Waals surface area (Å²) in [7, 11) is 0. The van der Waals surface area contributed by atoms with E-state index < -0.39 is 0 Å². The molecule has 338 valence electrons. The van der Waals surface area contributed by atoms with Gasteiger partial charge >= 0.3 is 0 Å². The first-order valence-electron chi connectivity index (χ1n) is 24.8. The number of anilines is 6. The van der Waals surface area contributed by atoms with Crippen LogP contribution in [-0.2, 0) is 5.41 Å². The Morgan fingerprint density at radius 2 is 0.817 bits per heavy atom. The summed E-state index contributed by atoms with van der Waals surface area (Å²) in [6.07, 6.45) is 0. The molecule has 0 aromatic heterocycles. The van der Waals surface area contributed by atoms with Crippen LogP contribution in [-0.4, -0.2) is 0 Å². The number of nitrogens with zero attached hydrogens (tertiary/aromatic N) is 2. The van der Waals surface area contributed by atoms with Crippen molar-refractivity contribution in [2.24, 2.45) is 0 Å². The van der Waals surface area contributed by atoms with E-state index in [0.717, 1.165) is 34.1 Å². The van der Waals surface area contributed by atoms with Crippen molar-refractivity contribution in [1.29, 1.82) is 0 Å². The molecule has 0 aliphatic heterocycles. The highest BCUT2D eigenvalue weighted by Gasteiger charge is 2.37. The Morgan fingerprint density at radius 3 is 1.56 bits per heavy atom. The molecule has 0 spiro atoms. The van der Waals surface area contributed by atoms with Crippen LogP contribution in [0.2, 0.25) is 0 Å². The second kappa shape index (κ2) is 16.8. The van der Waals surface area contributed by atoms with Crippen LogP contribution < -0.4 is 9.80 Å². The summed E-state index contributed by atoms with van der Waals surface area (Å²) >= 11 is 0. The van der Waals surface area contributed by atoms with Gasteiger partial charge in [0.2, 0.25) is 0 Å². The average Bonchev–Trinajstić information content (AvgIpc) is 3.64. The Bertz CT molecular complexity index is 4060. The maximum Gasteiger partial charge on any atom is 0.0540 e. The molecule has 2 heteroatoms. The van der Waals surface area contributed by atoms with E-state index in [2.05, 4.69) is 280 Å². The van der Waals surface area contributed by atoms with Crippen molar-refractivity contribution in [2.75, 3.05) is 9.80 Å². The minimum absolute atomic E-state index is 0.304. The van der Waals surface area contributed by atoms with Crippen LogP contribution in [0.4, 0.5) is 34.1 Å². The molecule has 0 saturated carbocycles. The first kappa shape index (κ1) is 42.4. The molecular formula is C69H52N2. The molecule has 2 nitrogen and oxygen atoms in total. The minimum Gasteiger partial charge on any atom is -0.310 e. The molecular weight excluding hydrogens is 857 g/mol. The summed E-state index contributed by atoms with van der Waals surface area (Å²) in [4.78, 5) is 4.93. The number of aryl methyl sites for hydroxylation is 2.